The third kappa shape index (κ3) is 5.31. The Morgan fingerprint density at radius 2 is 1.91 bits per heavy atom. The van der Waals surface area contributed by atoms with E-state index < -0.39 is 0 Å². The fraction of sp³-hybridized carbons (Fsp3) is 0.588. The number of nitrogens with zero attached hydrogens (tertiary/aromatic N) is 3. The van der Waals surface area contributed by atoms with Gasteiger partial charge in [-0.3, -0.25) is 4.99 Å². The van der Waals surface area contributed by atoms with Crippen molar-refractivity contribution in [1.29, 1.82) is 0 Å². The lowest BCUT2D eigenvalue weighted by molar-refractivity contribution is 0.148. The lowest BCUT2D eigenvalue weighted by Crippen LogP contribution is -2.42. The molecule has 0 saturated carbocycles. The first-order valence-electron chi connectivity index (χ1n) is 8.07. The molecular weight excluding hydrogens is 274 g/mol. The van der Waals surface area contributed by atoms with Crippen molar-refractivity contribution >= 4 is 11.6 Å². The number of nitrogens with two attached hydrogens (primary N) is 1. The molecule has 22 heavy (non-hydrogen) atoms. The van der Waals surface area contributed by atoms with E-state index in [1.807, 2.05) is 12.1 Å². The SMILES string of the molecule is Cc1ccc(NC(N)=NCCN2CCC(N(C)C)CC2)cc1. The number of guanidine groups is 1. The zero-order valence-electron chi connectivity index (χ0n) is 14.0. The van der Waals surface area contributed by atoms with Gasteiger partial charge in [0.2, 0.25) is 0 Å². The van der Waals surface area contributed by atoms with Crippen LogP contribution in [0, 0.1) is 6.92 Å². The number of piperidine rings is 1. The normalized spacial score (nSPS) is 17.9. The molecule has 1 heterocycles. The number of benzene rings is 1. The molecule has 0 unspecified atom stereocenters. The second-order valence-corrected chi connectivity index (χ2v) is 6.29. The van der Waals surface area contributed by atoms with Gasteiger partial charge in [0.25, 0.3) is 0 Å². The van der Waals surface area contributed by atoms with E-state index in [1.165, 1.54) is 18.4 Å². The fourth-order valence-corrected chi connectivity index (χ4v) is 2.80. The molecule has 1 fully saturated rings. The van der Waals surface area contributed by atoms with Crippen LogP contribution in [-0.4, -0.2) is 62.1 Å². The van der Waals surface area contributed by atoms with E-state index in [0.29, 0.717) is 5.96 Å². The number of aryl methyl sites for hydroxylation is 1. The summed E-state index contributed by atoms with van der Waals surface area (Å²) < 4.78 is 0. The highest BCUT2D eigenvalue weighted by atomic mass is 15.2. The second kappa shape index (κ2) is 8.15. The molecule has 1 aromatic rings. The Hall–Kier alpha value is -1.59. The number of likely N-dealkylation sites (tertiary alicyclic amines) is 1. The van der Waals surface area contributed by atoms with Crippen LogP contribution in [0.5, 0.6) is 0 Å². The third-order valence-electron chi connectivity index (χ3n) is 4.31. The Labute approximate surface area is 134 Å². The van der Waals surface area contributed by atoms with Crippen LogP contribution in [-0.2, 0) is 0 Å². The quantitative estimate of drug-likeness (QED) is 0.643. The van der Waals surface area contributed by atoms with Crippen LogP contribution in [0.3, 0.4) is 0 Å². The first-order valence-corrected chi connectivity index (χ1v) is 8.07. The number of hydrogen-bond donors (Lipinski definition) is 2. The number of nitrogens with one attached hydrogen (secondary N) is 1. The molecule has 1 aliphatic rings. The Morgan fingerprint density at radius 1 is 1.27 bits per heavy atom. The number of hydrogen-bond acceptors (Lipinski definition) is 3. The molecular formula is C17H29N5. The van der Waals surface area contributed by atoms with Crippen molar-refractivity contribution in [1.82, 2.24) is 9.80 Å². The maximum atomic E-state index is 5.93. The Kier molecular flexibility index (Phi) is 6.21. The molecule has 2 rings (SSSR count). The number of rotatable bonds is 5. The van der Waals surface area contributed by atoms with Crippen molar-refractivity contribution in [2.24, 2.45) is 10.7 Å². The minimum atomic E-state index is 0.493. The first kappa shape index (κ1) is 16.8. The topological polar surface area (TPSA) is 56.9 Å². The molecule has 5 heteroatoms. The maximum Gasteiger partial charge on any atom is 0.193 e. The Bertz CT molecular complexity index is 472. The third-order valence-corrected chi connectivity index (χ3v) is 4.31. The molecule has 5 nitrogen and oxygen atoms in total. The minimum absolute atomic E-state index is 0.493. The molecule has 0 aliphatic carbocycles. The lowest BCUT2D eigenvalue weighted by atomic mass is 10.0. The maximum absolute atomic E-state index is 5.93. The van der Waals surface area contributed by atoms with Crippen LogP contribution in [0.2, 0.25) is 0 Å². The van der Waals surface area contributed by atoms with Gasteiger partial charge >= 0.3 is 0 Å². The van der Waals surface area contributed by atoms with Crippen molar-refractivity contribution < 1.29 is 0 Å². The predicted molar refractivity (Wildman–Crippen MR) is 94.4 cm³/mol. The highest BCUT2D eigenvalue weighted by molar-refractivity contribution is 5.92. The summed E-state index contributed by atoms with van der Waals surface area (Å²) in [6.07, 6.45) is 2.49. The molecule has 122 valence electrons. The van der Waals surface area contributed by atoms with Gasteiger partial charge in [0.05, 0.1) is 6.54 Å². The van der Waals surface area contributed by atoms with E-state index in [9.17, 15) is 0 Å². The summed E-state index contributed by atoms with van der Waals surface area (Å²) in [5.74, 6) is 0.493. The van der Waals surface area contributed by atoms with Gasteiger partial charge in [0.15, 0.2) is 5.96 Å². The summed E-state index contributed by atoms with van der Waals surface area (Å²) in [6, 6.07) is 8.88. The summed E-state index contributed by atoms with van der Waals surface area (Å²) in [5.41, 5.74) is 8.16. The van der Waals surface area contributed by atoms with E-state index in [1.54, 1.807) is 0 Å². The summed E-state index contributed by atoms with van der Waals surface area (Å²) in [7, 11) is 4.34. The highest BCUT2D eigenvalue weighted by Crippen LogP contribution is 2.13. The molecule has 1 aromatic carbocycles. The van der Waals surface area contributed by atoms with Crippen molar-refractivity contribution in [3.63, 3.8) is 0 Å². The van der Waals surface area contributed by atoms with Crippen LogP contribution in [0.4, 0.5) is 5.69 Å². The van der Waals surface area contributed by atoms with Crippen molar-refractivity contribution in [2.75, 3.05) is 45.6 Å². The molecule has 0 atom stereocenters. The van der Waals surface area contributed by atoms with E-state index in [-0.39, 0.29) is 0 Å². The lowest BCUT2D eigenvalue weighted by Gasteiger charge is -2.34. The van der Waals surface area contributed by atoms with Gasteiger partial charge < -0.3 is 20.9 Å². The monoisotopic (exact) mass is 303 g/mol. The van der Waals surface area contributed by atoms with Gasteiger partial charge in [-0.05, 0) is 59.1 Å². The van der Waals surface area contributed by atoms with Gasteiger partial charge in [-0.15, -0.1) is 0 Å². The standard InChI is InChI=1S/C17H29N5/c1-14-4-6-15(7-5-14)20-17(18)19-10-13-22-11-8-16(9-12-22)21(2)3/h4-7,16H,8-13H2,1-3H3,(H3,18,19,20). The molecule has 0 spiro atoms. The van der Waals surface area contributed by atoms with Crippen molar-refractivity contribution in [3.05, 3.63) is 29.8 Å². The van der Waals surface area contributed by atoms with E-state index in [2.05, 4.69) is 53.3 Å². The van der Waals surface area contributed by atoms with Crippen LogP contribution in [0.25, 0.3) is 0 Å². The zero-order valence-corrected chi connectivity index (χ0v) is 14.0. The molecule has 0 amide bonds. The highest BCUT2D eigenvalue weighted by Gasteiger charge is 2.19. The number of anilines is 1. The van der Waals surface area contributed by atoms with Crippen molar-refractivity contribution in [3.8, 4) is 0 Å². The molecule has 0 bridgehead atoms. The van der Waals surface area contributed by atoms with E-state index >= 15 is 0 Å². The minimum Gasteiger partial charge on any atom is -0.370 e. The van der Waals surface area contributed by atoms with Gasteiger partial charge in [-0.2, -0.15) is 0 Å². The Morgan fingerprint density at radius 3 is 2.50 bits per heavy atom. The number of aliphatic imine (C=N–C) groups is 1. The summed E-state index contributed by atoms with van der Waals surface area (Å²) in [5, 5.41) is 3.13. The van der Waals surface area contributed by atoms with Crippen LogP contribution in [0.1, 0.15) is 18.4 Å². The van der Waals surface area contributed by atoms with E-state index in [4.69, 9.17) is 5.73 Å². The Balaban J connectivity index is 1.70. The fourth-order valence-electron chi connectivity index (χ4n) is 2.80. The van der Waals surface area contributed by atoms with Gasteiger partial charge in [0, 0.05) is 18.3 Å². The van der Waals surface area contributed by atoms with Crippen LogP contribution in [0.15, 0.2) is 29.3 Å². The molecule has 1 aliphatic heterocycles. The molecule has 3 N–H and O–H groups in total. The predicted octanol–water partition coefficient (Wildman–Crippen LogP) is 1.75. The van der Waals surface area contributed by atoms with E-state index in [0.717, 1.165) is 37.9 Å². The molecule has 0 aromatic heterocycles. The summed E-state index contributed by atoms with van der Waals surface area (Å²) in [4.78, 5) is 9.23. The van der Waals surface area contributed by atoms with Gasteiger partial charge in [0.1, 0.15) is 0 Å². The average molecular weight is 303 g/mol. The van der Waals surface area contributed by atoms with Crippen LogP contribution >= 0.6 is 0 Å². The average Bonchev–Trinajstić information content (AvgIpc) is 2.50. The summed E-state index contributed by atoms with van der Waals surface area (Å²) >= 11 is 0. The second-order valence-electron chi connectivity index (χ2n) is 6.29. The van der Waals surface area contributed by atoms with Gasteiger partial charge in [-0.25, -0.2) is 0 Å². The smallest absolute Gasteiger partial charge is 0.193 e. The van der Waals surface area contributed by atoms with Crippen LogP contribution < -0.4 is 11.1 Å². The molecule has 0 radical (unpaired) electrons. The largest absolute Gasteiger partial charge is 0.370 e. The molecule has 1 saturated heterocycles. The van der Waals surface area contributed by atoms with Gasteiger partial charge in [-0.1, -0.05) is 17.7 Å². The van der Waals surface area contributed by atoms with Crippen molar-refractivity contribution in [2.45, 2.75) is 25.8 Å². The summed E-state index contributed by atoms with van der Waals surface area (Å²) in [6.45, 7) is 6.11. The first-order chi connectivity index (χ1) is 10.5. The zero-order chi connectivity index (χ0) is 15.9.